The van der Waals surface area contributed by atoms with Crippen LogP contribution >= 0.6 is 0 Å². The summed E-state index contributed by atoms with van der Waals surface area (Å²) in [7, 11) is 1.56. The third kappa shape index (κ3) is 5.86. The number of aliphatic hydroxyl groups is 1. The second-order valence-electron chi connectivity index (χ2n) is 5.10. The average molecular weight is 283 g/mol. The second kappa shape index (κ2) is 8.89. The van der Waals surface area contributed by atoms with E-state index >= 15 is 0 Å². The molecule has 114 valence electrons. The fraction of sp³-hybridized carbons (Fsp3) is 0.667. The molecular formula is C15H25NO4. The molecule has 0 saturated carbocycles. The first-order valence-electron chi connectivity index (χ1n) is 6.94. The number of hydrogen-bond acceptors (Lipinski definition) is 4. The molecule has 0 aromatic carbocycles. The average Bonchev–Trinajstić information content (AvgIpc) is 2.42. The number of aliphatic hydroxyl groups excluding tert-OH is 1. The Kier molecular flexibility index (Phi) is 7.51. The van der Waals surface area contributed by atoms with Gasteiger partial charge in [0.25, 0.3) is 0 Å². The minimum absolute atomic E-state index is 0.0364. The second-order valence-corrected chi connectivity index (χ2v) is 5.10. The summed E-state index contributed by atoms with van der Waals surface area (Å²) >= 11 is 0. The van der Waals surface area contributed by atoms with E-state index in [1.807, 2.05) is 19.9 Å². The molecule has 2 N–H and O–H groups in total. The summed E-state index contributed by atoms with van der Waals surface area (Å²) in [5.41, 5.74) is 1.04. The fourth-order valence-electron chi connectivity index (χ4n) is 2.09. The Balaban J connectivity index is 2.78. The Hall–Kier alpha value is -1.17. The topological polar surface area (TPSA) is 67.8 Å². The summed E-state index contributed by atoms with van der Waals surface area (Å²) in [6.07, 6.45) is 4.89. The van der Waals surface area contributed by atoms with Crippen LogP contribution in [0.15, 0.2) is 23.8 Å². The quantitative estimate of drug-likeness (QED) is 0.706. The predicted octanol–water partition coefficient (Wildman–Crippen LogP) is 1.04. The molecule has 5 heteroatoms. The summed E-state index contributed by atoms with van der Waals surface area (Å²) < 4.78 is 10.7. The number of ether oxygens (including phenoxy) is 2. The zero-order valence-electron chi connectivity index (χ0n) is 12.5. The SMILES string of the molecule is COC1C=CCNC(=O)CCOCC(C)=CC(C)C1O. The maximum Gasteiger partial charge on any atom is 0.222 e. The van der Waals surface area contributed by atoms with Crippen molar-refractivity contribution in [2.24, 2.45) is 5.92 Å². The molecule has 20 heavy (non-hydrogen) atoms. The van der Waals surface area contributed by atoms with Crippen molar-refractivity contribution in [1.29, 1.82) is 0 Å². The highest BCUT2D eigenvalue weighted by atomic mass is 16.5. The molecule has 0 aliphatic carbocycles. The van der Waals surface area contributed by atoms with Crippen LogP contribution in [0.3, 0.4) is 0 Å². The van der Waals surface area contributed by atoms with Crippen LogP contribution in [0.4, 0.5) is 0 Å². The Morgan fingerprint density at radius 2 is 2.25 bits per heavy atom. The number of hydrogen-bond donors (Lipinski definition) is 2. The molecule has 0 aromatic rings. The van der Waals surface area contributed by atoms with Crippen LogP contribution < -0.4 is 5.32 Å². The van der Waals surface area contributed by atoms with Gasteiger partial charge in [-0.3, -0.25) is 4.79 Å². The predicted molar refractivity (Wildman–Crippen MR) is 77.3 cm³/mol. The normalized spacial score (nSPS) is 30.3. The number of methoxy groups -OCH3 is 1. The van der Waals surface area contributed by atoms with Gasteiger partial charge in [0, 0.05) is 26.0 Å². The fourth-order valence-corrected chi connectivity index (χ4v) is 2.09. The van der Waals surface area contributed by atoms with E-state index in [0.717, 1.165) is 5.57 Å². The van der Waals surface area contributed by atoms with Crippen molar-refractivity contribution in [3.8, 4) is 0 Å². The van der Waals surface area contributed by atoms with E-state index in [9.17, 15) is 9.90 Å². The Morgan fingerprint density at radius 3 is 2.95 bits per heavy atom. The highest BCUT2D eigenvalue weighted by molar-refractivity contribution is 5.76. The summed E-state index contributed by atoms with van der Waals surface area (Å²) in [4.78, 5) is 11.5. The van der Waals surface area contributed by atoms with E-state index in [4.69, 9.17) is 9.47 Å². The number of amides is 1. The molecule has 1 heterocycles. The molecule has 1 rings (SSSR count). The van der Waals surface area contributed by atoms with Crippen molar-refractivity contribution in [3.63, 3.8) is 0 Å². The monoisotopic (exact) mass is 283 g/mol. The van der Waals surface area contributed by atoms with Crippen LogP contribution in [0.1, 0.15) is 20.3 Å². The van der Waals surface area contributed by atoms with E-state index in [0.29, 0.717) is 26.2 Å². The number of rotatable bonds is 1. The highest BCUT2D eigenvalue weighted by Crippen LogP contribution is 2.15. The summed E-state index contributed by atoms with van der Waals surface area (Å²) in [6.45, 7) is 5.19. The Morgan fingerprint density at radius 1 is 1.50 bits per heavy atom. The zero-order chi connectivity index (χ0) is 15.0. The third-order valence-corrected chi connectivity index (χ3v) is 3.24. The van der Waals surface area contributed by atoms with Gasteiger partial charge in [-0.2, -0.15) is 0 Å². The van der Waals surface area contributed by atoms with Gasteiger partial charge in [-0.25, -0.2) is 0 Å². The van der Waals surface area contributed by atoms with Gasteiger partial charge in [-0.05, 0) is 6.92 Å². The maximum atomic E-state index is 11.5. The van der Waals surface area contributed by atoms with Crippen LogP contribution in [0.25, 0.3) is 0 Å². The van der Waals surface area contributed by atoms with Crippen molar-refractivity contribution in [2.45, 2.75) is 32.5 Å². The van der Waals surface area contributed by atoms with E-state index in [1.165, 1.54) is 0 Å². The van der Waals surface area contributed by atoms with E-state index in [1.54, 1.807) is 19.3 Å². The molecule has 3 unspecified atom stereocenters. The number of nitrogens with one attached hydrogen (secondary N) is 1. The third-order valence-electron chi connectivity index (χ3n) is 3.24. The Bertz CT molecular complexity index is 365. The molecular weight excluding hydrogens is 258 g/mol. The van der Waals surface area contributed by atoms with Crippen molar-refractivity contribution >= 4 is 5.91 Å². The van der Waals surface area contributed by atoms with Gasteiger partial charge in [0.1, 0.15) is 6.10 Å². The van der Waals surface area contributed by atoms with E-state index in [2.05, 4.69) is 5.32 Å². The van der Waals surface area contributed by atoms with Crippen molar-refractivity contribution in [2.75, 3.05) is 26.9 Å². The number of carbonyl (C=O) groups excluding carboxylic acids is 1. The molecule has 0 bridgehead atoms. The molecule has 5 nitrogen and oxygen atoms in total. The van der Waals surface area contributed by atoms with Crippen molar-refractivity contribution < 1.29 is 19.4 Å². The molecule has 3 atom stereocenters. The van der Waals surface area contributed by atoms with Crippen LogP contribution in [-0.2, 0) is 14.3 Å². The van der Waals surface area contributed by atoms with Crippen molar-refractivity contribution in [1.82, 2.24) is 5.32 Å². The molecule has 0 spiro atoms. The van der Waals surface area contributed by atoms with Crippen LogP contribution in [-0.4, -0.2) is 50.1 Å². The van der Waals surface area contributed by atoms with Gasteiger partial charge in [0.2, 0.25) is 5.91 Å². The van der Waals surface area contributed by atoms with Gasteiger partial charge in [-0.15, -0.1) is 0 Å². The van der Waals surface area contributed by atoms with Gasteiger partial charge >= 0.3 is 0 Å². The Labute approximate surface area is 120 Å². The molecule has 0 fully saturated rings. The lowest BCUT2D eigenvalue weighted by Crippen LogP contribution is -2.32. The van der Waals surface area contributed by atoms with Crippen LogP contribution in [0.5, 0.6) is 0 Å². The first-order chi connectivity index (χ1) is 9.54. The van der Waals surface area contributed by atoms with Gasteiger partial charge in [0.05, 0.1) is 19.3 Å². The molecule has 1 aliphatic heterocycles. The van der Waals surface area contributed by atoms with Gasteiger partial charge < -0.3 is 19.9 Å². The molecule has 0 radical (unpaired) electrons. The number of carbonyl (C=O) groups is 1. The van der Waals surface area contributed by atoms with Crippen molar-refractivity contribution in [3.05, 3.63) is 23.8 Å². The molecule has 1 amide bonds. The minimum atomic E-state index is -0.634. The zero-order valence-corrected chi connectivity index (χ0v) is 12.5. The lowest BCUT2D eigenvalue weighted by molar-refractivity contribution is -0.121. The van der Waals surface area contributed by atoms with Crippen LogP contribution in [0.2, 0.25) is 0 Å². The molecule has 0 aromatic heterocycles. The van der Waals surface area contributed by atoms with Gasteiger partial charge in [0.15, 0.2) is 0 Å². The largest absolute Gasteiger partial charge is 0.389 e. The van der Waals surface area contributed by atoms with E-state index < -0.39 is 12.2 Å². The lowest BCUT2D eigenvalue weighted by Gasteiger charge is -2.23. The van der Waals surface area contributed by atoms with Gasteiger partial charge in [-0.1, -0.05) is 30.7 Å². The van der Waals surface area contributed by atoms with E-state index in [-0.39, 0.29) is 11.8 Å². The summed E-state index contributed by atoms with van der Waals surface area (Å²) in [5, 5.41) is 13.0. The maximum absolute atomic E-state index is 11.5. The summed E-state index contributed by atoms with van der Waals surface area (Å²) in [5.74, 6) is -0.0815. The first kappa shape index (κ1) is 16.9. The van der Waals surface area contributed by atoms with Crippen LogP contribution in [0, 0.1) is 5.92 Å². The summed E-state index contributed by atoms with van der Waals surface area (Å²) in [6, 6.07) is 0. The highest BCUT2D eigenvalue weighted by Gasteiger charge is 2.21. The molecule has 0 saturated heterocycles. The standard InChI is InChI=1S/C15H25NO4/c1-11-9-12(2)15(18)13(19-3)5-4-7-16-14(17)6-8-20-10-11/h4-5,9,12-13,15,18H,6-8,10H2,1-3H3,(H,16,17). The lowest BCUT2D eigenvalue weighted by atomic mass is 9.97. The minimum Gasteiger partial charge on any atom is -0.389 e. The first-order valence-corrected chi connectivity index (χ1v) is 6.94. The molecule has 1 aliphatic rings. The smallest absolute Gasteiger partial charge is 0.222 e.